The molecule has 1 aromatic carbocycles. The summed E-state index contributed by atoms with van der Waals surface area (Å²) in [5, 5.41) is 0. The molecule has 0 bridgehead atoms. The first-order chi connectivity index (χ1) is 7.33. The molecule has 0 saturated carbocycles. The van der Waals surface area contributed by atoms with Gasteiger partial charge >= 0.3 is 0 Å². The molecule has 0 saturated heterocycles. The van der Waals surface area contributed by atoms with E-state index in [0.717, 1.165) is 11.8 Å². The van der Waals surface area contributed by atoms with Crippen LogP contribution in [0, 0.1) is 0 Å². The lowest BCUT2D eigenvalue weighted by Crippen LogP contribution is -1.92. The Balaban J connectivity index is 2.37. The second kappa shape index (κ2) is 6.71. The first-order valence-corrected chi connectivity index (χ1v) is 5.02. The van der Waals surface area contributed by atoms with Crippen LogP contribution < -0.4 is 0 Å². The van der Waals surface area contributed by atoms with Crippen molar-refractivity contribution < 1.29 is 9.59 Å². The normalized spacial score (nSPS) is 10.4. The average Bonchev–Trinajstić information content (AvgIpc) is 2.28. The molecule has 0 aliphatic carbocycles. The van der Waals surface area contributed by atoms with E-state index < -0.39 is 0 Å². The lowest BCUT2D eigenvalue weighted by Gasteiger charge is -1.92. The Morgan fingerprint density at radius 2 is 1.93 bits per heavy atom. The molecular formula is C13H14O2. The van der Waals surface area contributed by atoms with E-state index in [2.05, 4.69) is 0 Å². The van der Waals surface area contributed by atoms with Gasteiger partial charge in [-0.1, -0.05) is 36.4 Å². The molecule has 2 nitrogen and oxygen atoms in total. The van der Waals surface area contributed by atoms with E-state index in [0.29, 0.717) is 19.3 Å². The summed E-state index contributed by atoms with van der Waals surface area (Å²) >= 11 is 0. The highest BCUT2D eigenvalue weighted by molar-refractivity contribution is 5.93. The average molecular weight is 202 g/mol. The van der Waals surface area contributed by atoms with Crippen LogP contribution in [0.15, 0.2) is 36.4 Å². The summed E-state index contributed by atoms with van der Waals surface area (Å²) in [4.78, 5) is 21.3. The Labute approximate surface area is 89.6 Å². The largest absolute Gasteiger partial charge is 0.303 e. The van der Waals surface area contributed by atoms with Gasteiger partial charge in [-0.15, -0.1) is 0 Å². The van der Waals surface area contributed by atoms with Gasteiger partial charge < -0.3 is 4.79 Å². The van der Waals surface area contributed by atoms with Crippen LogP contribution in [0.25, 0.3) is 6.08 Å². The summed E-state index contributed by atoms with van der Waals surface area (Å²) in [5.74, 6) is 0.0701. The van der Waals surface area contributed by atoms with E-state index in [1.807, 2.05) is 30.3 Å². The molecule has 0 spiro atoms. The smallest absolute Gasteiger partial charge is 0.155 e. The molecule has 0 aliphatic rings. The summed E-state index contributed by atoms with van der Waals surface area (Å²) < 4.78 is 0. The summed E-state index contributed by atoms with van der Waals surface area (Å²) in [7, 11) is 0. The van der Waals surface area contributed by atoms with Gasteiger partial charge in [-0.25, -0.2) is 0 Å². The van der Waals surface area contributed by atoms with Crippen LogP contribution in [-0.4, -0.2) is 12.1 Å². The van der Waals surface area contributed by atoms with Gasteiger partial charge in [-0.3, -0.25) is 4.79 Å². The van der Waals surface area contributed by atoms with Crippen molar-refractivity contribution in [1.82, 2.24) is 0 Å². The van der Waals surface area contributed by atoms with Gasteiger partial charge in [0.05, 0.1) is 0 Å². The van der Waals surface area contributed by atoms with Crippen molar-refractivity contribution in [2.75, 3.05) is 0 Å². The van der Waals surface area contributed by atoms with Crippen LogP contribution in [0.5, 0.6) is 0 Å². The molecular weight excluding hydrogens is 188 g/mol. The lowest BCUT2D eigenvalue weighted by molar-refractivity contribution is -0.114. The maximum atomic E-state index is 11.3. The third kappa shape index (κ3) is 4.91. The molecule has 0 radical (unpaired) electrons. The molecule has 78 valence electrons. The van der Waals surface area contributed by atoms with Crippen molar-refractivity contribution in [1.29, 1.82) is 0 Å². The van der Waals surface area contributed by atoms with E-state index in [4.69, 9.17) is 0 Å². The van der Waals surface area contributed by atoms with Crippen LogP contribution in [0.4, 0.5) is 0 Å². The highest BCUT2D eigenvalue weighted by atomic mass is 16.1. The Bertz CT molecular complexity index is 339. The highest BCUT2D eigenvalue weighted by Gasteiger charge is 1.95. The molecule has 0 amide bonds. The van der Waals surface area contributed by atoms with Gasteiger partial charge in [0.25, 0.3) is 0 Å². The number of hydrogen-bond acceptors (Lipinski definition) is 2. The zero-order valence-corrected chi connectivity index (χ0v) is 8.56. The van der Waals surface area contributed by atoms with Gasteiger partial charge in [-0.05, 0) is 18.1 Å². The number of carbonyl (C=O) groups excluding carboxylic acids is 2. The minimum absolute atomic E-state index is 0.0701. The van der Waals surface area contributed by atoms with E-state index in [1.54, 1.807) is 12.2 Å². The van der Waals surface area contributed by atoms with Crippen LogP contribution >= 0.6 is 0 Å². The Hall–Kier alpha value is -1.70. The minimum Gasteiger partial charge on any atom is -0.303 e. The monoisotopic (exact) mass is 202 g/mol. The van der Waals surface area contributed by atoms with Gasteiger partial charge in [-0.2, -0.15) is 0 Å². The lowest BCUT2D eigenvalue weighted by atomic mass is 10.1. The van der Waals surface area contributed by atoms with E-state index >= 15 is 0 Å². The van der Waals surface area contributed by atoms with Crippen molar-refractivity contribution in [3.8, 4) is 0 Å². The summed E-state index contributed by atoms with van der Waals surface area (Å²) in [6, 6.07) is 9.67. The molecule has 1 rings (SSSR count). The van der Waals surface area contributed by atoms with Crippen LogP contribution in [0.2, 0.25) is 0 Å². The van der Waals surface area contributed by atoms with Crippen molar-refractivity contribution in [2.45, 2.75) is 19.3 Å². The van der Waals surface area contributed by atoms with Crippen molar-refractivity contribution in [2.24, 2.45) is 0 Å². The van der Waals surface area contributed by atoms with Gasteiger partial charge in [0.1, 0.15) is 6.29 Å². The van der Waals surface area contributed by atoms with Crippen LogP contribution in [0.1, 0.15) is 24.8 Å². The summed E-state index contributed by atoms with van der Waals surface area (Å²) in [6.45, 7) is 0. The Kier molecular flexibility index (Phi) is 5.09. The number of hydrogen-bond donors (Lipinski definition) is 0. The molecule has 0 heterocycles. The van der Waals surface area contributed by atoms with E-state index in [9.17, 15) is 9.59 Å². The van der Waals surface area contributed by atoms with Crippen LogP contribution in [0.3, 0.4) is 0 Å². The second-order valence-electron chi connectivity index (χ2n) is 3.27. The molecule has 0 aliphatic heterocycles. The van der Waals surface area contributed by atoms with Gasteiger partial charge in [0.15, 0.2) is 5.78 Å². The van der Waals surface area contributed by atoms with Gasteiger partial charge in [0.2, 0.25) is 0 Å². The molecule has 1 aromatic rings. The van der Waals surface area contributed by atoms with Crippen molar-refractivity contribution in [3.05, 3.63) is 42.0 Å². The molecule has 2 heteroatoms. The highest BCUT2D eigenvalue weighted by Crippen LogP contribution is 2.02. The SMILES string of the molecule is O=CCCCC(=O)/C=C/c1ccccc1. The maximum absolute atomic E-state index is 11.3. The zero-order valence-electron chi connectivity index (χ0n) is 8.56. The van der Waals surface area contributed by atoms with Gasteiger partial charge in [0, 0.05) is 12.8 Å². The molecule has 15 heavy (non-hydrogen) atoms. The third-order valence-corrected chi connectivity index (χ3v) is 2.01. The number of unbranched alkanes of at least 4 members (excludes halogenated alkanes) is 1. The number of rotatable bonds is 6. The molecule has 0 fully saturated rings. The molecule has 0 N–H and O–H groups in total. The van der Waals surface area contributed by atoms with Crippen molar-refractivity contribution in [3.63, 3.8) is 0 Å². The quantitative estimate of drug-likeness (QED) is 0.403. The fourth-order valence-electron chi connectivity index (χ4n) is 1.20. The second-order valence-corrected chi connectivity index (χ2v) is 3.27. The Morgan fingerprint density at radius 1 is 1.20 bits per heavy atom. The minimum atomic E-state index is 0.0701. The molecule has 0 aromatic heterocycles. The number of benzene rings is 1. The fraction of sp³-hybridized carbons (Fsp3) is 0.231. The predicted molar refractivity (Wildman–Crippen MR) is 60.4 cm³/mol. The van der Waals surface area contributed by atoms with Crippen molar-refractivity contribution >= 4 is 18.1 Å². The topological polar surface area (TPSA) is 34.1 Å². The number of allylic oxidation sites excluding steroid dienone is 1. The first kappa shape index (κ1) is 11.4. The maximum Gasteiger partial charge on any atom is 0.155 e. The summed E-state index contributed by atoms with van der Waals surface area (Å²) in [5.41, 5.74) is 1.02. The zero-order chi connectivity index (χ0) is 10.9. The third-order valence-electron chi connectivity index (χ3n) is 2.01. The standard InChI is InChI=1S/C13H14O2/c14-11-5-4-8-13(15)10-9-12-6-2-1-3-7-12/h1-3,6-7,9-11H,4-5,8H2/b10-9+. The fourth-order valence-corrected chi connectivity index (χ4v) is 1.20. The Morgan fingerprint density at radius 3 is 2.60 bits per heavy atom. The molecule has 0 atom stereocenters. The molecule has 0 unspecified atom stereocenters. The number of carbonyl (C=O) groups is 2. The first-order valence-electron chi connectivity index (χ1n) is 5.02. The summed E-state index contributed by atoms with van der Waals surface area (Å²) in [6.07, 6.45) is 5.76. The number of ketones is 1. The van der Waals surface area contributed by atoms with Crippen LogP contribution in [-0.2, 0) is 9.59 Å². The van der Waals surface area contributed by atoms with E-state index in [1.165, 1.54) is 0 Å². The predicted octanol–water partition coefficient (Wildman–Crippen LogP) is 2.64. The number of aldehydes is 1. The van der Waals surface area contributed by atoms with E-state index in [-0.39, 0.29) is 5.78 Å².